The molecular weight excluding hydrogens is 412 g/mol. The molecule has 0 aliphatic rings. The lowest BCUT2D eigenvalue weighted by molar-refractivity contribution is 0.411. The van der Waals surface area contributed by atoms with Gasteiger partial charge in [0, 0.05) is 10.7 Å². The second-order valence-corrected chi connectivity index (χ2v) is 7.21. The predicted molar refractivity (Wildman–Crippen MR) is 83.4 cm³/mol. The van der Waals surface area contributed by atoms with Crippen LogP contribution >= 0.6 is 31.9 Å². The Morgan fingerprint density at radius 3 is 2.55 bits per heavy atom. The van der Waals surface area contributed by atoms with Gasteiger partial charge in [-0.1, -0.05) is 15.9 Å². The molecule has 0 aliphatic heterocycles. The molecule has 2 rings (SSSR count). The number of nitrogens with zero attached hydrogens (tertiary/aromatic N) is 1. The van der Waals surface area contributed by atoms with Gasteiger partial charge in [0.25, 0.3) is 10.0 Å². The van der Waals surface area contributed by atoms with E-state index in [2.05, 4.69) is 41.6 Å². The Bertz CT molecular complexity index is 735. The van der Waals surface area contributed by atoms with Crippen molar-refractivity contribution in [3.8, 4) is 5.75 Å². The molecule has 0 bridgehead atoms. The van der Waals surface area contributed by atoms with Crippen LogP contribution in [0.15, 0.2) is 50.4 Å². The van der Waals surface area contributed by atoms with E-state index in [4.69, 9.17) is 4.74 Å². The monoisotopic (exact) mass is 420 g/mol. The van der Waals surface area contributed by atoms with Gasteiger partial charge < -0.3 is 4.74 Å². The number of pyridine rings is 1. The predicted octanol–water partition coefficient (Wildman–Crippen LogP) is 3.42. The molecule has 1 N–H and O–H groups in total. The summed E-state index contributed by atoms with van der Waals surface area (Å²) in [5.74, 6) is 0.802. The first-order valence-corrected chi connectivity index (χ1v) is 8.47. The molecule has 1 aromatic heterocycles. The van der Waals surface area contributed by atoms with Gasteiger partial charge in [-0.3, -0.25) is 4.72 Å². The third-order valence-electron chi connectivity index (χ3n) is 2.39. The van der Waals surface area contributed by atoms with Crippen molar-refractivity contribution in [1.29, 1.82) is 0 Å². The highest BCUT2D eigenvalue weighted by atomic mass is 79.9. The summed E-state index contributed by atoms with van der Waals surface area (Å²) in [7, 11) is -2.18. The largest absolute Gasteiger partial charge is 0.496 e. The lowest BCUT2D eigenvalue weighted by Crippen LogP contribution is -2.13. The first-order chi connectivity index (χ1) is 9.42. The first kappa shape index (κ1) is 15.3. The molecule has 106 valence electrons. The van der Waals surface area contributed by atoms with Gasteiger partial charge in [-0.2, -0.15) is 0 Å². The van der Waals surface area contributed by atoms with Crippen molar-refractivity contribution in [2.45, 2.75) is 4.90 Å². The highest BCUT2D eigenvalue weighted by Crippen LogP contribution is 2.28. The topological polar surface area (TPSA) is 68.3 Å². The van der Waals surface area contributed by atoms with Crippen molar-refractivity contribution in [2.75, 3.05) is 11.8 Å². The van der Waals surface area contributed by atoms with E-state index < -0.39 is 10.0 Å². The maximum absolute atomic E-state index is 12.2. The number of halogens is 2. The summed E-state index contributed by atoms with van der Waals surface area (Å²) in [4.78, 5) is 4.07. The van der Waals surface area contributed by atoms with Crippen LogP contribution in [-0.2, 0) is 10.0 Å². The Balaban J connectivity index is 2.33. The van der Waals surface area contributed by atoms with Crippen LogP contribution in [0.25, 0.3) is 0 Å². The van der Waals surface area contributed by atoms with Crippen LogP contribution in [0.1, 0.15) is 0 Å². The van der Waals surface area contributed by atoms with Gasteiger partial charge in [-0.25, -0.2) is 13.4 Å². The van der Waals surface area contributed by atoms with Gasteiger partial charge in [0.15, 0.2) is 0 Å². The second kappa shape index (κ2) is 6.11. The van der Waals surface area contributed by atoms with Crippen molar-refractivity contribution < 1.29 is 13.2 Å². The van der Waals surface area contributed by atoms with Crippen LogP contribution in [0, 0.1) is 0 Å². The first-order valence-electron chi connectivity index (χ1n) is 5.40. The third kappa shape index (κ3) is 3.50. The number of anilines is 1. The average molecular weight is 422 g/mol. The molecule has 5 nitrogen and oxygen atoms in total. The Labute approximate surface area is 133 Å². The van der Waals surface area contributed by atoms with Gasteiger partial charge in [-0.05, 0) is 46.3 Å². The third-order valence-corrected chi connectivity index (χ3v) is 4.86. The minimum atomic E-state index is -3.70. The molecule has 0 amide bonds. The highest BCUT2D eigenvalue weighted by molar-refractivity contribution is 9.10. The zero-order valence-electron chi connectivity index (χ0n) is 10.3. The average Bonchev–Trinajstić information content (AvgIpc) is 2.38. The van der Waals surface area contributed by atoms with Gasteiger partial charge in [-0.15, -0.1) is 0 Å². The Hall–Kier alpha value is -1.12. The molecule has 0 aliphatic carbocycles. The van der Waals surface area contributed by atoms with E-state index in [0.29, 0.717) is 10.2 Å². The SMILES string of the molecule is COc1ccc(S(=O)(=O)Nc2cc(Br)ccn2)cc1Br. The molecule has 0 atom stereocenters. The smallest absolute Gasteiger partial charge is 0.263 e. The fraction of sp³-hybridized carbons (Fsp3) is 0.0833. The molecule has 20 heavy (non-hydrogen) atoms. The van der Waals surface area contributed by atoms with E-state index >= 15 is 0 Å². The highest BCUT2D eigenvalue weighted by Gasteiger charge is 2.16. The van der Waals surface area contributed by atoms with E-state index in [9.17, 15) is 8.42 Å². The summed E-state index contributed by atoms with van der Waals surface area (Å²) < 4.78 is 33.2. The fourth-order valence-corrected chi connectivity index (χ4v) is 3.52. The lowest BCUT2D eigenvalue weighted by Gasteiger charge is -2.09. The summed E-state index contributed by atoms with van der Waals surface area (Å²) >= 11 is 6.51. The quantitative estimate of drug-likeness (QED) is 0.821. The number of hydrogen-bond acceptors (Lipinski definition) is 4. The minimum absolute atomic E-state index is 0.118. The van der Waals surface area contributed by atoms with Crippen molar-refractivity contribution in [2.24, 2.45) is 0 Å². The van der Waals surface area contributed by atoms with Crippen LogP contribution in [0.5, 0.6) is 5.75 Å². The molecule has 1 aromatic carbocycles. The summed E-state index contributed by atoms with van der Waals surface area (Å²) in [6.45, 7) is 0. The van der Waals surface area contributed by atoms with E-state index in [1.165, 1.54) is 25.4 Å². The molecule has 0 unspecified atom stereocenters. The molecule has 8 heteroatoms. The minimum Gasteiger partial charge on any atom is -0.496 e. The summed E-state index contributed by atoms with van der Waals surface area (Å²) in [5.41, 5.74) is 0. The number of sulfonamides is 1. The van der Waals surface area contributed by atoms with Gasteiger partial charge in [0.2, 0.25) is 0 Å². The maximum atomic E-state index is 12.2. The fourth-order valence-electron chi connectivity index (χ4n) is 1.47. The van der Waals surface area contributed by atoms with E-state index in [1.807, 2.05) is 0 Å². The lowest BCUT2D eigenvalue weighted by atomic mass is 10.3. The zero-order valence-corrected chi connectivity index (χ0v) is 14.3. The van der Waals surface area contributed by atoms with Crippen molar-refractivity contribution >= 4 is 47.7 Å². The molecule has 0 fully saturated rings. The maximum Gasteiger partial charge on any atom is 0.263 e. The Morgan fingerprint density at radius 1 is 1.20 bits per heavy atom. The number of benzene rings is 1. The number of methoxy groups -OCH3 is 1. The second-order valence-electron chi connectivity index (χ2n) is 3.76. The van der Waals surface area contributed by atoms with Crippen LogP contribution in [-0.4, -0.2) is 20.5 Å². The van der Waals surface area contributed by atoms with E-state index in [1.54, 1.807) is 18.2 Å². The van der Waals surface area contributed by atoms with Gasteiger partial charge in [0.1, 0.15) is 11.6 Å². The molecule has 0 saturated heterocycles. The van der Waals surface area contributed by atoms with Crippen LogP contribution < -0.4 is 9.46 Å². The summed E-state index contributed by atoms with van der Waals surface area (Å²) in [5, 5.41) is 0. The normalized spacial score (nSPS) is 11.2. The van der Waals surface area contributed by atoms with Gasteiger partial charge in [0.05, 0.1) is 16.5 Å². The Kier molecular flexibility index (Phi) is 4.66. The standard InChI is InChI=1S/C12H10Br2N2O3S/c1-19-11-3-2-9(7-10(11)14)20(17,18)16-12-6-8(13)4-5-15-12/h2-7H,1H3,(H,15,16). The zero-order chi connectivity index (χ0) is 14.8. The molecule has 0 spiro atoms. The molecular formula is C12H10Br2N2O3S. The molecule has 2 aromatic rings. The van der Waals surface area contributed by atoms with Crippen molar-refractivity contribution in [3.05, 3.63) is 45.5 Å². The number of rotatable bonds is 4. The van der Waals surface area contributed by atoms with E-state index in [-0.39, 0.29) is 10.7 Å². The number of nitrogens with one attached hydrogen (secondary N) is 1. The van der Waals surface area contributed by atoms with Crippen LogP contribution in [0.4, 0.5) is 5.82 Å². The molecule has 0 saturated carbocycles. The number of ether oxygens (including phenoxy) is 1. The number of hydrogen-bond donors (Lipinski definition) is 1. The molecule has 0 radical (unpaired) electrons. The number of aromatic nitrogens is 1. The summed E-state index contributed by atoms with van der Waals surface area (Å²) in [6, 6.07) is 7.80. The van der Waals surface area contributed by atoms with Crippen molar-refractivity contribution in [1.82, 2.24) is 4.98 Å². The molecule has 1 heterocycles. The van der Waals surface area contributed by atoms with E-state index in [0.717, 1.165) is 4.47 Å². The van der Waals surface area contributed by atoms with Crippen LogP contribution in [0.3, 0.4) is 0 Å². The van der Waals surface area contributed by atoms with Crippen LogP contribution in [0.2, 0.25) is 0 Å². The summed E-state index contributed by atoms with van der Waals surface area (Å²) in [6.07, 6.45) is 1.51. The van der Waals surface area contributed by atoms with Gasteiger partial charge >= 0.3 is 0 Å². The van der Waals surface area contributed by atoms with Crippen molar-refractivity contribution in [3.63, 3.8) is 0 Å². The Morgan fingerprint density at radius 2 is 1.95 bits per heavy atom.